The number of esters is 1. The minimum absolute atomic E-state index is 0.0182. The first-order valence-corrected chi connectivity index (χ1v) is 9.76. The highest BCUT2D eigenvalue weighted by Crippen LogP contribution is 2.31. The molecule has 2 rings (SSSR count). The number of sulfonamides is 1. The van der Waals surface area contributed by atoms with Crippen molar-refractivity contribution in [2.45, 2.75) is 17.1 Å². The van der Waals surface area contributed by atoms with Gasteiger partial charge >= 0.3 is 12.1 Å². The number of carbonyl (C=O) groups is 2. The molecule has 0 saturated carbocycles. The summed E-state index contributed by atoms with van der Waals surface area (Å²) in [6.07, 6.45) is -4.63. The molecular formula is C18H17F3N2O6S. The van der Waals surface area contributed by atoms with Crippen LogP contribution in [0.15, 0.2) is 53.4 Å². The van der Waals surface area contributed by atoms with Crippen LogP contribution in [-0.4, -0.2) is 45.2 Å². The van der Waals surface area contributed by atoms with Gasteiger partial charge in [-0.1, -0.05) is 6.07 Å². The molecule has 0 aliphatic heterocycles. The summed E-state index contributed by atoms with van der Waals surface area (Å²) >= 11 is 0. The van der Waals surface area contributed by atoms with Crippen molar-refractivity contribution in [3.63, 3.8) is 0 Å². The summed E-state index contributed by atoms with van der Waals surface area (Å²) in [7, 11) is -3.15. The number of alkyl halides is 3. The zero-order chi connectivity index (χ0) is 22.5. The van der Waals surface area contributed by atoms with Crippen LogP contribution in [0.4, 0.5) is 18.9 Å². The van der Waals surface area contributed by atoms with E-state index in [1.54, 1.807) is 0 Å². The fourth-order valence-corrected chi connectivity index (χ4v) is 3.37. The molecule has 2 aromatic rings. The molecular weight excluding hydrogens is 429 g/mol. The minimum Gasteiger partial charge on any atom is -0.467 e. The lowest BCUT2D eigenvalue weighted by Gasteiger charge is -2.14. The molecule has 162 valence electrons. The van der Waals surface area contributed by atoms with Crippen molar-refractivity contribution in [1.82, 2.24) is 5.32 Å². The van der Waals surface area contributed by atoms with Crippen molar-refractivity contribution in [3.8, 4) is 0 Å². The molecule has 0 saturated heterocycles. The van der Waals surface area contributed by atoms with Crippen LogP contribution in [0, 0.1) is 0 Å². The number of amides is 1. The predicted octanol–water partition coefficient (Wildman–Crippen LogP) is 1.77. The Morgan fingerprint density at radius 2 is 1.77 bits per heavy atom. The van der Waals surface area contributed by atoms with Crippen molar-refractivity contribution in [1.29, 1.82) is 0 Å². The molecule has 1 amide bonds. The van der Waals surface area contributed by atoms with E-state index >= 15 is 0 Å². The van der Waals surface area contributed by atoms with Crippen LogP contribution in [0.2, 0.25) is 0 Å². The van der Waals surface area contributed by atoms with E-state index in [-0.39, 0.29) is 16.1 Å². The molecule has 0 spiro atoms. The summed E-state index contributed by atoms with van der Waals surface area (Å²) in [5.74, 6) is -1.63. The summed E-state index contributed by atoms with van der Waals surface area (Å²) in [4.78, 5) is 23.2. The zero-order valence-corrected chi connectivity index (χ0v) is 16.3. The molecule has 8 nitrogen and oxygen atoms in total. The number of ether oxygens (including phenoxy) is 1. The van der Waals surface area contributed by atoms with Gasteiger partial charge in [-0.05, 0) is 42.5 Å². The number of aliphatic hydroxyl groups is 1. The first kappa shape index (κ1) is 23.2. The highest BCUT2D eigenvalue weighted by molar-refractivity contribution is 7.92. The molecule has 1 atom stereocenters. The molecule has 0 fully saturated rings. The molecule has 30 heavy (non-hydrogen) atoms. The summed E-state index contributed by atoms with van der Waals surface area (Å²) < 4.78 is 69.6. The fraction of sp³-hybridized carbons (Fsp3) is 0.222. The number of rotatable bonds is 7. The van der Waals surface area contributed by atoms with Crippen molar-refractivity contribution in [3.05, 3.63) is 59.7 Å². The van der Waals surface area contributed by atoms with Gasteiger partial charge in [-0.15, -0.1) is 0 Å². The molecule has 0 bridgehead atoms. The number of halogens is 3. The third-order valence-electron chi connectivity index (χ3n) is 3.84. The topological polar surface area (TPSA) is 122 Å². The van der Waals surface area contributed by atoms with E-state index in [0.717, 1.165) is 49.6 Å². The van der Waals surface area contributed by atoms with Gasteiger partial charge in [0.1, 0.15) is 0 Å². The number of methoxy groups -OCH3 is 1. The second kappa shape index (κ2) is 9.13. The Balaban J connectivity index is 2.17. The number of nitrogens with one attached hydrogen (secondary N) is 2. The molecule has 2 aromatic carbocycles. The number of anilines is 1. The average Bonchev–Trinajstić information content (AvgIpc) is 2.70. The quantitative estimate of drug-likeness (QED) is 0.558. The van der Waals surface area contributed by atoms with Crippen LogP contribution in [0.1, 0.15) is 15.9 Å². The van der Waals surface area contributed by atoms with Gasteiger partial charge < -0.3 is 15.2 Å². The lowest BCUT2D eigenvalue weighted by molar-refractivity contribution is -0.144. The summed E-state index contributed by atoms with van der Waals surface area (Å²) in [5, 5.41) is 11.3. The van der Waals surface area contributed by atoms with Gasteiger partial charge in [0.25, 0.3) is 15.9 Å². The number of hydrogen-bond acceptors (Lipinski definition) is 6. The molecule has 0 heterocycles. The zero-order valence-electron chi connectivity index (χ0n) is 15.4. The van der Waals surface area contributed by atoms with E-state index < -0.39 is 46.3 Å². The Hall–Kier alpha value is -3.12. The second-order valence-electron chi connectivity index (χ2n) is 5.94. The average molecular weight is 446 g/mol. The Morgan fingerprint density at radius 3 is 2.30 bits per heavy atom. The second-order valence-corrected chi connectivity index (χ2v) is 7.62. The SMILES string of the molecule is COC(=O)[C@H](CO)NC(=O)c1ccc(S(=O)(=O)Nc2cccc(C(F)(F)F)c2)cc1. The van der Waals surface area contributed by atoms with Crippen LogP contribution in [0.3, 0.4) is 0 Å². The maximum Gasteiger partial charge on any atom is 0.416 e. The van der Waals surface area contributed by atoms with E-state index in [4.69, 9.17) is 5.11 Å². The first-order valence-electron chi connectivity index (χ1n) is 8.27. The maximum absolute atomic E-state index is 12.8. The Morgan fingerprint density at radius 1 is 1.13 bits per heavy atom. The molecule has 0 aromatic heterocycles. The number of aliphatic hydroxyl groups excluding tert-OH is 1. The van der Waals surface area contributed by atoms with Gasteiger partial charge in [0.15, 0.2) is 6.04 Å². The van der Waals surface area contributed by atoms with Crippen LogP contribution in [0.5, 0.6) is 0 Å². The van der Waals surface area contributed by atoms with Gasteiger partial charge in [0.05, 0.1) is 24.2 Å². The van der Waals surface area contributed by atoms with Gasteiger partial charge in [-0.3, -0.25) is 9.52 Å². The maximum atomic E-state index is 12.8. The van der Waals surface area contributed by atoms with Crippen molar-refractivity contribution in [2.75, 3.05) is 18.4 Å². The lowest BCUT2D eigenvalue weighted by atomic mass is 10.2. The molecule has 0 unspecified atom stereocenters. The van der Waals surface area contributed by atoms with Crippen LogP contribution < -0.4 is 10.0 Å². The van der Waals surface area contributed by atoms with Gasteiger partial charge in [0.2, 0.25) is 0 Å². The third kappa shape index (κ3) is 5.70. The standard InChI is InChI=1S/C18H17F3N2O6S/c1-29-17(26)15(10-24)22-16(25)11-5-7-14(8-6-11)30(27,28)23-13-4-2-3-12(9-13)18(19,20)21/h2-9,15,23-24H,10H2,1H3,(H,22,25)/t15-/m0/s1. The Labute approximate surface area is 169 Å². The number of benzene rings is 2. The van der Waals surface area contributed by atoms with Gasteiger partial charge in [-0.2, -0.15) is 13.2 Å². The van der Waals surface area contributed by atoms with E-state index in [1.807, 2.05) is 4.72 Å². The summed E-state index contributed by atoms with van der Waals surface area (Å²) in [5.41, 5.74) is -1.32. The van der Waals surface area contributed by atoms with E-state index in [1.165, 1.54) is 0 Å². The molecule has 3 N–H and O–H groups in total. The van der Waals surface area contributed by atoms with E-state index in [9.17, 15) is 31.2 Å². The smallest absolute Gasteiger partial charge is 0.416 e. The third-order valence-corrected chi connectivity index (χ3v) is 5.24. The normalized spacial score (nSPS) is 12.7. The highest BCUT2D eigenvalue weighted by Gasteiger charge is 2.30. The minimum atomic E-state index is -4.63. The van der Waals surface area contributed by atoms with Gasteiger partial charge in [0, 0.05) is 11.3 Å². The van der Waals surface area contributed by atoms with E-state index in [0.29, 0.717) is 6.07 Å². The van der Waals surface area contributed by atoms with Gasteiger partial charge in [-0.25, -0.2) is 13.2 Å². The summed E-state index contributed by atoms with van der Waals surface area (Å²) in [6, 6.07) is 6.80. The van der Waals surface area contributed by atoms with Crippen LogP contribution >= 0.6 is 0 Å². The van der Waals surface area contributed by atoms with Crippen LogP contribution in [0.25, 0.3) is 0 Å². The first-order chi connectivity index (χ1) is 14.0. The number of carbonyl (C=O) groups excluding carboxylic acids is 2. The molecule has 12 heteroatoms. The van der Waals surface area contributed by atoms with Crippen molar-refractivity contribution >= 4 is 27.6 Å². The molecule has 0 aliphatic carbocycles. The summed E-state index contributed by atoms with van der Waals surface area (Å²) in [6.45, 7) is -0.703. The fourth-order valence-electron chi connectivity index (χ4n) is 2.32. The lowest BCUT2D eigenvalue weighted by Crippen LogP contribution is -2.44. The van der Waals surface area contributed by atoms with Crippen molar-refractivity contribution in [2.24, 2.45) is 0 Å². The largest absolute Gasteiger partial charge is 0.467 e. The number of hydrogen-bond donors (Lipinski definition) is 3. The van der Waals surface area contributed by atoms with E-state index in [2.05, 4.69) is 10.1 Å². The Kier molecular flexibility index (Phi) is 7.05. The predicted molar refractivity (Wildman–Crippen MR) is 99.1 cm³/mol. The van der Waals surface area contributed by atoms with Crippen LogP contribution in [-0.2, 0) is 25.7 Å². The monoisotopic (exact) mass is 446 g/mol. The highest BCUT2D eigenvalue weighted by atomic mass is 32.2. The molecule has 0 aliphatic rings. The Bertz CT molecular complexity index is 1020. The molecule has 0 radical (unpaired) electrons. The van der Waals surface area contributed by atoms with Crippen molar-refractivity contribution < 1.29 is 41.0 Å².